The van der Waals surface area contributed by atoms with E-state index in [1.54, 1.807) is 21.0 Å². The monoisotopic (exact) mass is 381 g/mol. The summed E-state index contributed by atoms with van der Waals surface area (Å²) in [5.41, 5.74) is 1.64. The zero-order chi connectivity index (χ0) is 19.6. The van der Waals surface area contributed by atoms with E-state index in [4.69, 9.17) is 4.74 Å². The van der Waals surface area contributed by atoms with Crippen LogP contribution in [-0.2, 0) is 21.6 Å². The van der Waals surface area contributed by atoms with E-state index in [9.17, 15) is 18.3 Å². The Morgan fingerprint density at radius 3 is 2.50 bits per heavy atom. The highest BCUT2D eigenvalue weighted by molar-refractivity contribution is 7.90. The van der Waals surface area contributed by atoms with Gasteiger partial charge in [-0.3, -0.25) is 4.79 Å². The lowest BCUT2D eigenvalue weighted by Gasteiger charge is -2.16. The van der Waals surface area contributed by atoms with Gasteiger partial charge in [0.05, 0.1) is 22.9 Å². The number of rotatable bonds is 7. The third-order valence-electron chi connectivity index (χ3n) is 4.10. The van der Waals surface area contributed by atoms with Gasteiger partial charge in [-0.05, 0) is 31.5 Å². The lowest BCUT2D eigenvalue weighted by atomic mass is 9.98. The topological polar surface area (TPSA) is 111 Å². The zero-order valence-electron chi connectivity index (χ0n) is 15.5. The summed E-state index contributed by atoms with van der Waals surface area (Å²) in [6, 6.07) is 2.86. The molecule has 0 saturated heterocycles. The lowest BCUT2D eigenvalue weighted by Crippen LogP contribution is -2.15. The predicted octanol–water partition coefficient (Wildman–Crippen LogP) is 1.44. The SMILES string of the molecule is COCCNc1c(S(C)(=O)=O)ccc(C(=O)c2c(C)nn(C)c2O)c1C. The number of ketones is 1. The Bertz CT molecular complexity index is 948. The fourth-order valence-electron chi connectivity index (χ4n) is 2.79. The number of nitrogens with zero attached hydrogens (tertiary/aromatic N) is 2. The van der Waals surface area contributed by atoms with Crippen molar-refractivity contribution >= 4 is 21.3 Å². The summed E-state index contributed by atoms with van der Waals surface area (Å²) >= 11 is 0. The number of carbonyl (C=O) groups is 1. The van der Waals surface area contributed by atoms with E-state index in [0.29, 0.717) is 35.7 Å². The molecule has 0 radical (unpaired) electrons. The first-order chi connectivity index (χ1) is 12.1. The Morgan fingerprint density at radius 1 is 1.35 bits per heavy atom. The molecule has 0 unspecified atom stereocenters. The fourth-order valence-corrected chi connectivity index (χ4v) is 3.70. The van der Waals surface area contributed by atoms with E-state index in [0.717, 1.165) is 6.26 Å². The molecule has 0 fully saturated rings. The van der Waals surface area contributed by atoms with Gasteiger partial charge in [0.15, 0.2) is 9.84 Å². The highest BCUT2D eigenvalue weighted by Gasteiger charge is 2.25. The van der Waals surface area contributed by atoms with Crippen molar-refractivity contribution < 1.29 is 23.1 Å². The Labute approximate surface area is 152 Å². The maximum absolute atomic E-state index is 13.0. The van der Waals surface area contributed by atoms with Crippen molar-refractivity contribution in [1.82, 2.24) is 9.78 Å². The number of ether oxygens (including phenoxy) is 1. The molecule has 9 heteroatoms. The third kappa shape index (κ3) is 3.73. The number of sulfone groups is 1. The van der Waals surface area contributed by atoms with Gasteiger partial charge in [-0.25, -0.2) is 13.1 Å². The van der Waals surface area contributed by atoms with Crippen LogP contribution in [-0.4, -0.2) is 55.6 Å². The van der Waals surface area contributed by atoms with Gasteiger partial charge < -0.3 is 15.2 Å². The molecule has 2 rings (SSSR count). The van der Waals surface area contributed by atoms with Crippen molar-refractivity contribution in [3.8, 4) is 5.88 Å². The van der Waals surface area contributed by atoms with Crippen molar-refractivity contribution in [3.63, 3.8) is 0 Å². The molecule has 0 aliphatic rings. The molecule has 0 aliphatic heterocycles. The first-order valence-corrected chi connectivity index (χ1v) is 9.82. The standard InChI is InChI=1S/C17H23N3O5S/c1-10-12(16(21)14-11(2)19-20(3)17(14)22)6-7-13(26(5,23)24)15(10)18-8-9-25-4/h6-7,18,22H,8-9H2,1-5H3. The number of aryl methyl sites for hydroxylation is 2. The second kappa shape index (κ2) is 7.46. The zero-order valence-corrected chi connectivity index (χ0v) is 16.3. The summed E-state index contributed by atoms with van der Waals surface area (Å²) in [6.45, 7) is 4.06. The smallest absolute Gasteiger partial charge is 0.220 e. The number of hydrogen-bond donors (Lipinski definition) is 2. The minimum Gasteiger partial charge on any atom is -0.493 e. The molecule has 1 aromatic heterocycles. The van der Waals surface area contributed by atoms with Crippen molar-refractivity contribution in [2.75, 3.05) is 31.8 Å². The normalized spacial score (nSPS) is 11.6. The number of aromatic nitrogens is 2. The molecule has 0 amide bonds. The third-order valence-corrected chi connectivity index (χ3v) is 5.24. The maximum Gasteiger partial charge on any atom is 0.220 e. The van der Waals surface area contributed by atoms with Gasteiger partial charge in [0.2, 0.25) is 11.7 Å². The maximum atomic E-state index is 13.0. The average Bonchev–Trinajstić information content (AvgIpc) is 2.80. The molecule has 0 aliphatic carbocycles. The molecule has 0 bridgehead atoms. The van der Waals surface area contributed by atoms with Gasteiger partial charge in [0.1, 0.15) is 5.56 Å². The van der Waals surface area contributed by atoms with Crippen LogP contribution in [0.1, 0.15) is 27.2 Å². The van der Waals surface area contributed by atoms with Gasteiger partial charge >= 0.3 is 0 Å². The van der Waals surface area contributed by atoms with E-state index in [2.05, 4.69) is 10.4 Å². The summed E-state index contributed by atoms with van der Waals surface area (Å²) in [6.07, 6.45) is 1.11. The molecule has 1 aromatic carbocycles. The average molecular weight is 381 g/mol. The van der Waals surface area contributed by atoms with E-state index < -0.39 is 15.6 Å². The Hall–Kier alpha value is -2.39. The number of methoxy groups -OCH3 is 1. The number of aromatic hydroxyl groups is 1. The Kier molecular flexibility index (Phi) is 5.72. The van der Waals surface area contributed by atoms with E-state index in [1.807, 2.05) is 0 Å². The van der Waals surface area contributed by atoms with Crippen molar-refractivity contribution in [1.29, 1.82) is 0 Å². The minimum absolute atomic E-state index is 0.102. The molecular weight excluding hydrogens is 358 g/mol. The van der Waals surface area contributed by atoms with E-state index in [-0.39, 0.29) is 16.3 Å². The number of carbonyl (C=O) groups excluding carboxylic acids is 1. The summed E-state index contributed by atoms with van der Waals surface area (Å²) in [7, 11) is -0.413. The van der Waals surface area contributed by atoms with Crippen LogP contribution in [0.4, 0.5) is 5.69 Å². The number of nitrogens with one attached hydrogen (secondary N) is 1. The fraction of sp³-hybridized carbons (Fsp3) is 0.412. The Morgan fingerprint density at radius 2 is 2.00 bits per heavy atom. The highest BCUT2D eigenvalue weighted by Crippen LogP contribution is 2.31. The van der Waals surface area contributed by atoms with Crippen LogP contribution in [0.25, 0.3) is 0 Å². The largest absolute Gasteiger partial charge is 0.493 e. The molecule has 26 heavy (non-hydrogen) atoms. The first-order valence-electron chi connectivity index (χ1n) is 7.93. The van der Waals surface area contributed by atoms with Crippen LogP contribution < -0.4 is 5.32 Å². The number of anilines is 1. The van der Waals surface area contributed by atoms with Crippen molar-refractivity contribution in [2.45, 2.75) is 18.7 Å². The van der Waals surface area contributed by atoms with Crippen LogP contribution in [0.3, 0.4) is 0 Å². The first kappa shape index (κ1) is 19.9. The van der Waals surface area contributed by atoms with Crippen molar-refractivity contribution in [2.24, 2.45) is 7.05 Å². The highest BCUT2D eigenvalue weighted by atomic mass is 32.2. The van der Waals surface area contributed by atoms with Gasteiger partial charge in [0.25, 0.3) is 0 Å². The molecule has 1 heterocycles. The molecule has 2 aromatic rings. The molecule has 142 valence electrons. The number of benzene rings is 1. The Balaban J connectivity index is 2.60. The molecule has 0 spiro atoms. The van der Waals surface area contributed by atoms with Gasteiger partial charge in [-0.1, -0.05) is 0 Å². The van der Waals surface area contributed by atoms with E-state index >= 15 is 0 Å². The van der Waals surface area contributed by atoms with Crippen LogP contribution in [0.15, 0.2) is 17.0 Å². The number of hydrogen-bond acceptors (Lipinski definition) is 7. The molecular formula is C17H23N3O5S. The van der Waals surface area contributed by atoms with E-state index in [1.165, 1.54) is 23.9 Å². The quantitative estimate of drug-likeness (QED) is 0.551. The van der Waals surface area contributed by atoms with Crippen LogP contribution in [0.5, 0.6) is 5.88 Å². The summed E-state index contributed by atoms with van der Waals surface area (Å²) < 4.78 is 30.4. The lowest BCUT2D eigenvalue weighted by molar-refractivity contribution is 0.103. The predicted molar refractivity (Wildman–Crippen MR) is 97.7 cm³/mol. The van der Waals surface area contributed by atoms with Gasteiger partial charge in [-0.2, -0.15) is 5.10 Å². The van der Waals surface area contributed by atoms with Crippen LogP contribution >= 0.6 is 0 Å². The molecule has 0 atom stereocenters. The minimum atomic E-state index is -3.49. The van der Waals surface area contributed by atoms with Crippen LogP contribution in [0.2, 0.25) is 0 Å². The summed E-state index contributed by atoms with van der Waals surface area (Å²) in [5.74, 6) is -0.645. The summed E-state index contributed by atoms with van der Waals surface area (Å²) in [5, 5.41) is 17.2. The van der Waals surface area contributed by atoms with Crippen molar-refractivity contribution in [3.05, 3.63) is 34.5 Å². The van der Waals surface area contributed by atoms with Gasteiger partial charge in [0, 0.05) is 32.5 Å². The van der Waals surface area contributed by atoms with Gasteiger partial charge in [-0.15, -0.1) is 0 Å². The molecule has 0 saturated carbocycles. The van der Waals surface area contributed by atoms with Crippen LogP contribution in [0, 0.1) is 13.8 Å². The molecule has 8 nitrogen and oxygen atoms in total. The second-order valence-corrected chi connectivity index (χ2v) is 8.02. The second-order valence-electron chi connectivity index (χ2n) is 6.04. The molecule has 2 N–H and O–H groups in total. The summed E-state index contributed by atoms with van der Waals surface area (Å²) in [4.78, 5) is 13.1.